The molecular weight excluding hydrogens is 442 g/mol. The van der Waals surface area contributed by atoms with E-state index in [0.717, 1.165) is 9.13 Å². The molecule has 2 aromatic rings. The molecule has 0 aromatic heterocycles. The molecule has 1 aliphatic heterocycles. The summed E-state index contributed by atoms with van der Waals surface area (Å²) in [6, 6.07) is 16.0. The van der Waals surface area contributed by atoms with Gasteiger partial charge >= 0.3 is 121 Å². The molecule has 3 rings (SSSR count). The monoisotopic (exact) mass is 450 g/mol. The first kappa shape index (κ1) is 11.5. The molecule has 0 fully saturated rings. The molecule has 0 saturated heterocycles. The third kappa shape index (κ3) is 2.08. The van der Waals surface area contributed by atoms with Gasteiger partial charge in [0.1, 0.15) is 0 Å². The number of hydrogen-bond donors (Lipinski definition) is 0. The number of rotatable bonds is 1. The van der Waals surface area contributed by atoms with Crippen molar-refractivity contribution in [3.8, 4) is 0 Å². The van der Waals surface area contributed by atoms with Gasteiger partial charge in [0.15, 0.2) is 0 Å². The molecule has 0 atom stereocenters. The van der Waals surface area contributed by atoms with Crippen LogP contribution in [0.4, 0.5) is 0 Å². The standard InChI is InChI=1S/C13H8I2O2/c14-9-5-7-10(8-6-9)15-12-4-2-1-3-11(12)13(16)17-15/h1-8H. The van der Waals surface area contributed by atoms with E-state index in [1.54, 1.807) is 0 Å². The Bertz CT molecular complexity index is 578. The van der Waals surface area contributed by atoms with Gasteiger partial charge in [-0.2, -0.15) is 0 Å². The van der Waals surface area contributed by atoms with E-state index < -0.39 is 20.2 Å². The van der Waals surface area contributed by atoms with E-state index in [0.29, 0.717) is 0 Å². The minimum atomic E-state index is -1.96. The summed E-state index contributed by atoms with van der Waals surface area (Å²) in [6.07, 6.45) is 0. The summed E-state index contributed by atoms with van der Waals surface area (Å²) in [7, 11) is 0. The van der Waals surface area contributed by atoms with Gasteiger partial charge in [-0.3, -0.25) is 0 Å². The van der Waals surface area contributed by atoms with Crippen LogP contribution in [0.3, 0.4) is 0 Å². The maximum atomic E-state index is 11.7. The zero-order valence-corrected chi connectivity index (χ0v) is 13.0. The molecule has 2 aromatic carbocycles. The Morgan fingerprint density at radius 3 is 2.47 bits per heavy atom. The Balaban J connectivity index is 2.07. The molecule has 1 aliphatic rings. The van der Waals surface area contributed by atoms with Crippen LogP contribution in [0.15, 0.2) is 48.5 Å². The number of hydrogen-bond acceptors (Lipinski definition) is 2. The van der Waals surface area contributed by atoms with E-state index >= 15 is 0 Å². The van der Waals surface area contributed by atoms with E-state index in [2.05, 4.69) is 46.9 Å². The predicted molar refractivity (Wildman–Crippen MR) is 82.4 cm³/mol. The first-order valence-corrected chi connectivity index (χ1v) is 9.15. The quantitative estimate of drug-likeness (QED) is 0.617. The van der Waals surface area contributed by atoms with E-state index in [9.17, 15) is 4.79 Å². The van der Waals surface area contributed by atoms with E-state index in [-0.39, 0.29) is 5.97 Å². The molecule has 17 heavy (non-hydrogen) atoms. The van der Waals surface area contributed by atoms with Gasteiger partial charge in [-0.05, 0) is 0 Å². The molecule has 0 N–H and O–H groups in total. The van der Waals surface area contributed by atoms with Crippen molar-refractivity contribution in [1.82, 2.24) is 0 Å². The number of benzene rings is 2. The third-order valence-electron chi connectivity index (χ3n) is 2.43. The Morgan fingerprint density at radius 2 is 1.71 bits per heavy atom. The fraction of sp³-hybridized carbons (Fsp3) is 0. The normalized spacial score (nSPS) is 15.6. The summed E-state index contributed by atoms with van der Waals surface area (Å²) in [4.78, 5) is 11.7. The van der Waals surface area contributed by atoms with Crippen LogP contribution in [0.1, 0.15) is 10.4 Å². The zero-order chi connectivity index (χ0) is 11.8. The first-order valence-electron chi connectivity index (χ1n) is 5.03. The van der Waals surface area contributed by atoms with Crippen LogP contribution in [0.25, 0.3) is 0 Å². The molecule has 1 heterocycles. The molecule has 86 valence electrons. The van der Waals surface area contributed by atoms with Crippen LogP contribution in [-0.4, -0.2) is 5.97 Å². The third-order valence-corrected chi connectivity index (χ3v) is 7.83. The molecule has 0 saturated carbocycles. The summed E-state index contributed by atoms with van der Waals surface area (Å²) in [6.45, 7) is 0. The van der Waals surface area contributed by atoms with Crippen LogP contribution in [-0.2, 0) is 3.07 Å². The fourth-order valence-corrected chi connectivity index (χ4v) is 6.27. The zero-order valence-electron chi connectivity index (χ0n) is 8.69. The van der Waals surface area contributed by atoms with E-state index in [4.69, 9.17) is 3.07 Å². The van der Waals surface area contributed by atoms with Gasteiger partial charge in [-0.15, -0.1) is 0 Å². The Hall–Kier alpha value is -0.630. The van der Waals surface area contributed by atoms with Crippen LogP contribution in [0, 0.1) is 10.7 Å². The van der Waals surface area contributed by atoms with Crippen molar-refractivity contribution in [2.75, 3.05) is 0 Å². The van der Waals surface area contributed by atoms with Gasteiger partial charge in [-0.25, -0.2) is 0 Å². The fourth-order valence-electron chi connectivity index (χ4n) is 1.64. The van der Waals surface area contributed by atoms with Gasteiger partial charge in [0.2, 0.25) is 0 Å². The summed E-state index contributed by atoms with van der Waals surface area (Å²) in [5, 5.41) is 0. The molecule has 0 spiro atoms. The van der Waals surface area contributed by atoms with Crippen LogP contribution >= 0.6 is 42.8 Å². The summed E-state index contributed by atoms with van der Waals surface area (Å²) >= 11 is 0.311. The van der Waals surface area contributed by atoms with Crippen LogP contribution in [0.2, 0.25) is 0 Å². The van der Waals surface area contributed by atoms with Crippen molar-refractivity contribution < 1.29 is 7.86 Å². The van der Waals surface area contributed by atoms with Gasteiger partial charge in [0.05, 0.1) is 0 Å². The second-order valence-electron chi connectivity index (χ2n) is 3.53. The summed E-state index contributed by atoms with van der Waals surface area (Å²) in [5.74, 6) is -0.163. The van der Waals surface area contributed by atoms with Crippen molar-refractivity contribution in [3.63, 3.8) is 0 Å². The second-order valence-corrected chi connectivity index (χ2v) is 9.04. The van der Waals surface area contributed by atoms with Crippen molar-refractivity contribution in [1.29, 1.82) is 0 Å². The number of fused-ring (bicyclic) bond motifs is 1. The number of carbonyl (C=O) groups excluding carboxylic acids is 1. The number of halogens is 2. The van der Waals surface area contributed by atoms with Crippen molar-refractivity contribution in [3.05, 3.63) is 64.8 Å². The first-order chi connectivity index (χ1) is 8.25. The topological polar surface area (TPSA) is 26.3 Å². The average Bonchev–Trinajstić information content (AvgIpc) is 2.69. The Kier molecular flexibility index (Phi) is 3.08. The molecule has 2 nitrogen and oxygen atoms in total. The SMILES string of the molecule is O=C1OI(c2ccc(I)cc2)c2ccccc21. The molecule has 0 unspecified atom stereocenters. The molecule has 0 aliphatic carbocycles. The van der Waals surface area contributed by atoms with Gasteiger partial charge < -0.3 is 0 Å². The molecule has 4 heteroatoms. The maximum absolute atomic E-state index is 11.7. The van der Waals surface area contributed by atoms with Crippen molar-refractivity contribution >= 4 is 48.8 Å². The predicted octanol–water partition coefficient (Wildman–Crippen LogP) is 3.92. The van der Waals surface area contributed by atoms with E-state index in [1.165, 1.54) is 7.14 Å². The molecular formula is C13H8I2O2. The number of carbonyl (C=O) groups is 1. The molecule has 0 bridgehead atoms. The average molecular weight is 450 g/mol. The van der Waals surface area contributed by atoms with Gasteiger partial charge in [0.25, 0.3) is 0 Å². The van der Waals surface area contributed by atoms with Crippen LogP contribution in [0.5, 0.6) is 0 Å². The van der Waals surface area contributed by atoms with Crippen molar-refractivity contribution in [2.45, 2.75) is 0 Å². The van der Waals surface area contributed by atoms with Crippen LogP contribution < -0.4 is 0 Å². The van der Waals surface area contributed by atoms with E-state index in [1.807, 2.05) is 24.3 Å². The Morgan fingerprint density at radius 1 is 1.00 bits per heavy atom. The summed E-state index contributed by atoms with van der Waals surface area (Å²) in [5.41, 5.74) is 0.747. The second kappa shape index (κ2) is 4.56. The molecule has 0 amide bonds. The minimum absolute atomic E-state index is 0.163. The molecule has 0 radical (unpaired) electrons. The Labute approximate surface area is 120 Å². The van der Waals surface area contributed by atoms with Gasteiger partial charge in [0, 0.05) is 0 Å². The summed E-state index contributed by atoms with van der Waals surface area (Å²) < 4.78 is 9.06. The van der Waals surface area contributed by atoms with Crippen molar-refractivity contribution in [2.24, 2.45) is 0 Å². The van der Waals surface area contributed by atoms with Gasteiger partial charge in [-0.1, -0.05) is 0 Å².